The van der Waals surface area contributed by atoms with Gasteiger partial charge in [-0.15, -0.1) is 0 Å². The van der Waals surface area contributed by atoms with Crippen molar-refractivity contribution in [1.82, 2.24) is 19.4 Å². The third-order valence-corrected chi connectivity index (χ3v) is 6.09. The topological polar surface area (TPSA) is 59.3 Å². The Hall–Kier alpha value is -3.64. The number of nitrogens with one attached hydrogen (secondary N) is 1. The molecule has 1 N–H and O–H groups in total. The van der Waals surface area contributed by atoms with Crippen LogP contribution in [0.1, 0.15) is 17.7 Å². The van der Waals surface area contributed by atoms with Crippen molar-refractivity contribution in [3.63, 3.8) is 0 Å². The van der Waals surface area contributed by atoms with E-state index in [2.05, 4.69) is 34.9 Å². The summed E-state index contributed by atoms with van der Waals surface area (Å²) in [5, 5.41) is 4.55. The maximum absolute atomic E-state index is 13.1. The minimum Gasteiger partial charge on any atom is -0.347 e. The standard InChI is InChI=1S/C26H26N4O2/c1-17-15-18-9-4-6-11-21(18)30(17)24-23(25(31)27-26(24)32)20-16-29(14-8-13-28(2)3)22-12-7-5-10-19(20)22/h4-7,9-12,15-16H,8,13-14H2,1-3H3,(H,27,31,32). The largest absolute Gasteiger partial charge is 0.347 e. The van der Waals surface area contributed by atoms with E-state index in [9.17, 15) is 9.59 Å². The van der Waals surface area contributed by atoms with Crippen LogP contribution in [0.2, 0.25) is 0 Å². The highest BCUT2D eigenvalue weighted by Crippen LogP contribution is 2.36. The molecule has 2 aromatic carbocycles. The molecule has 32 heavy (non-hydrogen) atoms. The Bertz CT molecular complexity index is 1400. The molecular weight excluding hydrogens is 400 g/mol. The van der Waals surface area contributed by atoms with Crippen molar-refractivity contribution in [3.8, 4) is 0 Å². The second-order valence-electron chi connectivity index (χ2n) is 8.60. The van der Waals surface area contributed by atoms with Crippen molar-refractivity contribution in [2.45, 2.75) is 19.9 Å². The summed E-state index contributed by atoms with van der Waals surface area (Å²) in [4.78, 5) is 28.3. The molecule has 0 saturated carbocycles. The zero-order valence-electron chi connectivity index (χ0n) is 18.6. The summed E-state index contributed by atoms with van der Waals surface area (Å²) in [6, 6.07) is 18.0. The minimum atomic E-state index is -0.362. The van der Waals surface area contributed by atoms with Gasteiger partial charge < -0.3 is 14.0 Å². The van der Waals surface area contributed by atoms with Gasteiger partial charge >= 0.3 is 0 Å². The number of carbonyl (C=O) groups is 2. The fraction of sp³-hybridized carbons (Fsp3) is 0.231. The van der Waals surface area contributed by atoms with Gasteiger partial charge in [0.2, 0.25) is 0 Å². The van der Waals surface area contributed by atoms with E-state index in [1.54, 1.807) is 0 Å². The SMILES string of the molecule is Cc1cc2ccccc2n1C1=C(c2cn(CCCN(C)C)c3ccccc23)C(=O)NC1=O. The number of amides is 2. The molecule has 2 aromatic heterocycles. The first-order valence-electron chi connectivity index (χ1n) is 10.9. The smallest absolute Gasteiger partial charge is 0.275 e. The van der Waals surface area contributed by atoms with Gasteiger partial charge in [0.05, 0.1) is 11.1 Å². The number of para-hydroxylation sites is 2. The van der Waals surface area contributed by atoms with Gasteiger partial charge in [-0.3, -0.25) is 14.9 Å². The number of hydrogen-bond acceptors (Lipinski definition) is 3. The van der Waals surface area contributed by atoms with Gasteiger partial charge in [-0.1, -0.05) is 36.4 Å². The molecule has 162 valence electrons. The molecule has 0 atom stereocenters. The van der Waals surface area contributed by atoms with Crippen LogP contribution in [0.15, 0.2) is 60.8 Å². The number of imide groups is 1. The Morgan fingerprint density at radius 2 is 1.66 bits per heavy atom. The lowest BCUT2D eigenvalue weighted by Crippen LogP contribution is -2.23. The number of aromatic nitrogens is 2. The summed E-state index contributed by atoms with van der Waals surface area (Å²) in [5.41, 5.74) is 4.51. The van der Waals surface area contributed by atoms with Crippen LogP contribution in [-0.4, -0.2) is 46.5 Å². The number of carbonyl (C=O) groups excluding carboxylic acids is 2. The number of fused-ring (bicyclic) bond motifs is 2. The van der Waals surface area contributed by atoms with Crippen LogP contribution in [-0.2, 0) is 16.1 Å². The fourth-order valence-corrected chi connectivity index (χ4v) is 4.69. The van der Waals surface area contributed by atoms with Gasteiger partial charge in [-0.25, -0.2) is 0 Å². The van der Waals surface area contributed by atoms with Crippen molar-refractivity contribution in [2.75, 3.05) is 20.6 Å². The molecule has 0 radical (unpaired) electrons. The molecule has 6 heteroatoms. The first-order valence-corrected chi connectivity index (χ1v) is 10.9. The lowest BCUT2D eigenvalue weighted by molar-refractivity contribution is -0.122. The maximum Gasteiger partial charge on any atom is 0.275 e. The molecule has 0 fully saturated rings. The van der Waals surface area contributed by atoms with Crippen LogP contribution >= 0.6 is 0 Å². The quantitative estimate of drug-likeness (QED) is 0.476. The van der Waals surface area contributed by atoms with Gasteiger partial charge in [0.1, 0.15) is 5.70 Å². The highest BCUT2D eigenvalue weighted by molar-refractivity contribution is 6.47. The molecule has 5 rings (SSSR count). The molecule has 6 nitrogen and oxygen atoms in total. The van der Waals surface area contributed by atoms with Crippen LogP contribution < -0.4 is 5.32 Å². The van der Waals surface area contributed by atoms with Crippen LogP contribution in [0.25, 0.3) is 33.1 Å². The average molecular weight is 427 g/mol. The van der Waals surface area contributed by atoms with E-state index in [-0.39, 0.29) is 11.8 Å². The molecule has 0 spiro atoms. The summed E-state index contributed by atoms with van der Waals surface area (Å²) < 4.78 is 4.10. The average Bonchev–Trinajstić information content (AvgIpc) is 3.38. The zero-order chi connectivity index (χ0) is 22.4. The van der Waals surface area contributed by atoms with Gasteiger partial charge in [0.15, 0.2) is 0 Å². The first-order chi connectivity index (χ1) is 15.5. The summed E-state index contributed by atoms with van der Waals surface area (Å²) >= 11 is 0. The van der Waals surface area contributed by atoms with Crippen molar-refractivity contribution < 1.29 is 9.59 Å². The summed E-state index contributed by atoms with van der Waals surface area (Å²) in [6.45, 7) is 3.77. The molecule has 2 amide bonds. The van der Waals surface area contributed by atoms with E-state index in [0.717, 1.165) is 52.6 Å². The Morgan fingerprint density at radius 3 is 2.44 bits per heavy atom. The molecule has 4 aromatic rings. The van der Waals surface area contributed by atoms with Crippen LogP contribution in [0.5, 0.6) is 0 Å². The fourth-order valence-electron chi connectivity index (χ4n) is 4.69. The van der Waals surface area contributed by atoms with Crippen LogP contribution in [0, 0.1) is 6.92 Å². The molecular formula is C26H26N4O2. The Balaban J connectivity index is 1.73. The number of aryl methyl sites for hydroxylation is 2. The normalized spacial score (nSPS) is 14.4. The van der Waals surface area contributed by atoms with Crippen LogP contribution in [0.3, 0.4) is 0 Å². The van der Waals surface area contributed by atoms with E-state index < -0.39 is 0 Å². The van der Waals surface area contributed by atoms with Crippen LogP contribution in [0.4, 0.5) is 0 Å². The third kappa shape index (κ3) is 3.24. The lowest BCUT2D eigenvalue weighted by atomic mass is 10.0. The summed E-state index contributed by atoms with van der Waals surface area (Å²) in [5.74, 6) is -0.711. The molecule has 3 heterocycles. The van der Waals surface area contributed by atoms with Crippen molar-refractivity contribution in [2.24, 2.45) is 0 Å². The van der Waals surface area contributed by atoms with Gasteiger partial charge in [0, 0.05) is 40.3 Å². The van der Waals surface area contributed by atoms with Crippen molar-refractivity contribution >= 4 is 44.9 Å². The molecule has 0 saturated heterocycles. The molecule has 1 aliphatic heterocycles. The molecule has 0 unspecified atom stereocenters. The summed E-state index contributed by atoms with van der Waals surface area (Å²) in [7, 11) is 4.13. The number of hydrogen-bond donors (Lipinski definition) is 1. The predicted molar refractivity (Wildman–Crippen MR) is 128 cm³/mol. The lowest BCUT2D eigenvalue weighted by Gasteiger charge is -2.10. The monoisotopic (exact) mass is 426 g/mol. The van der Waals surface area contributed by atoms with Gasteiger partial charge in [-0.2, -0.15) is 0 Å². The highest BCUT2D eigenvalue weighted by Gasteiger charge is 2.35. The number of benzene rings is 2. The molecule has 1 aliphatic rings. The van der Waals surface area contributed by atoms with E-state index in [0.29, 0.717) is 11.3 Å². The van der Waals surface area contributed by atoms with Crippen molar-refractivity contribution in [1.29, 1.82) is 0 Å². The Morgan fingerprint density at radius 1 is 0.938 bits per heavy atom. The first kappa shape index (κ1) is 20.3. The van der Waals surface area contributed by atoms with Gasteiger partial charge in [-0.05, 0) is 52.2 Å². The van der Waals surface area contributed by atoms with E-state index in [1.165, 1.54) is 0 Å². The Labute approximate surface area is 186 Å². The Kier molecular flexibility index (Phi) is 4.94. The maximum atomic E-state index is 13.1. The highest BCUT2D eigenvalue weighted by atomic mass is 16.2. The predicted octanol–water partition coefficient (Wildman–Crippen LogP) is 3.88. The number of nitrogens with zero attached hydrogens (tertiary/aromatic N) is 3. The van der Waals surface area contributed by atoms with Gasteiger partial charge in [0.25, 0.3) is 11.8 Å². The summed E-state index contributed by atoms with van der Waals surface area (Å²) in [6.07, 6.45) is 3.01. The number of rotatable bonds is 6. The second-order valence-corrected chi connectivity index (χ2v) is 8.60. The minimum absolute atomic E-state index is 0.349. The second kappa shape index (κ2) is 7.80. The molecule has 0 aliphatic carbocycles. The zero-order valence-corrected chi connectivity index (χ0v) is 18.6. The van der Waals surface area contributed by atoms with E-state index in [4.69, 9.17) is 0 Å². The van der Waals surface area contributed by atoms with E-state index in [1.807, 2.05) is 66.2 Å². The third-order valence-electron chi connectivity index (χ3n) is 6.09. The molecule has 0 bridgehead atoms. The van der Waals surface area contributed by atoms with E-state index >= 15 is 0 Å². The van der Waals surface area contributed by atoms with Crippen molar-refractivity contribution in [3.05, 3.63) is 72.1 Å².